The van der Waals surface area contributed by atoms with Gasteiger partial charge in [0.25, 0.3) is 0 Å². The highest BCUT2D eigenvalue weighted by atomic mass is 32.2. The summed E-state index contributed by atoms with van der Waals surface area (Å²) in [4.78, 5) is 21.5. The molecule has 0 aromatic rings. The molecule has 0 aliphatic heterocycles. The van der Waals surface area contributed by atoms with Crippen molar-refractivity contribution in [3.63, 3.8) is 0 Å². The Morgan fingerprint density at radius 2 is 2.15 bits per heavy atom. The van der Waals surface area contributed by atoms with E-state index in [0.717, 1.165) is 0 Å². The van der Waals surface area contributed by atoms with Crippen molar-refractivity contribution in [2.24, 2.45) is 0 Å². The third kappa shape index (κ3) is 9.36. The van der Waals surface area contributed by atoms with Gasteiger partial charge in [0.15, 0.2) is 5.12 Å². The minimum Gasteiger partial charge on any atom is -0.383 e. The number of hydrogen-bond acceptors (Lipinski definition) is 4. The van der Waals surface area contributed by atoms with Crippen molar-refractivity contribution < 1.29 is 14.3 Å². The predicted molar refractivity (Wildman–Crippen MR) is 52.6 cm³/mol. The Kier molecular flexibility index (Phi) is 7.73. The van der Waals surface area contributed by atoms with E-state index >= 15 is 0 Å². The van der Waals surface area contributed by atoms with Crippen LogP contribution in [-0.4, -0.2) is 37.0 Å². The van der Waals surface area contributed by atoms with Gasteiger partial charge in [0.2, 0.25) is 5.91 Å². The number of rotatable bonds is 6. The van der Waals surface area contributed by atoms with E-state index in [4.69, 9.17) is 4.74 Å². The Balaban J connectivity index is 3.25. The smallest absolute Gasteiger partial charge is 0.220 e. The standard InChI is InChI=1S/C8H15NO3S/c1-7(10)13-6-3-8(11)9-4-5-12-2/h3-6H2,1-2H3,(H,9,11). The number of hydrogen-bond donors (Lipinski definition) is 1. The fourth-order valence-electron chi connectivity index (χ4n) is 0.668. The quantitative estimate of drug-likeness (QED) is 0.638. The van der Waals surface area contributed by atoms with Gasteiger partial charge in [0.05, 0.1) is 6.61 Å². The van der Waals surface area contributed by atoms with E-state index in [1.165, 1.54) is 18.7 Å². The van der Waals surface area contributed by atoms with Gasteiger partial charge in [-0.15, -0.1) is 0 Å². The fourth-order valence-corrected chi connectivity index (χ4v) is 1.24. The van der Waals surface area contributed by atoms with Gasteiger partial charge in [0, 0.05) is 32.8 Å². The fraction of sp³-hybridized carbons (Fsp3) is 0.750. The molecule has 0 aliphatic rings. The molecule has 0 unspecified atom stereocenters. The number of thioether (sulfide) groups is 1. The molecule has 5 heteroatoms. The highest BCUT2D eigenvalue weighted by Crippen LogP contribution is 2.02. The van der Waals surface area contributed by atoms with Crippen LogP contribution in [0.2, 0.25) is 0 Å². The first kappa shape index (κ1) is 12.4. The van der Waals surface area contributed by atoms with Crippen LogP contribution in [0.5, 0.6) is 0 Å². The van der Waals surface area contributed by atoms with Crippen molar-refractivity contribution in [3.05, 3.63) is 0 Å². The molecule has 0 aromatic carbocycles. The van der Waals surface area contributed by atoms with E-state index < -0.39 is 0 Å². The van der Waals surface area contributed by atoms with Crippen LogP contribution in [0.15, 0.2) is 0 Å². The van der Waals surface area contributed by atoms with Gasteiger partial charge in [-0.05, 0) is 0 Å². The highest BCUT2D eigenvalue weighted by Gasteiger charge is 2.01. The molecule has 0 rings (SSSR count). The van der Waals surface area contributed by atoms with Crippen LogP contribution in [0.4, 0.5) is 0 Å². The van der Waals surface area contributed by atoms with Crippen LogP contribution >= 0.6 is 11.8 Å². The third-order valence-electron chi connectivity index (χ3n) is 1.26. The van der Waals surface area contributed by atoms with Gasteiger partial charge in [-0.1, -0.05) is 11.8 Å². The van der Waals surface area contributed by atoms with Crippen LogP contribution in [0, 0.1) is 0 Å². The summed E-state index contributed by atoms with van der Waals surface area (Å²) < 4.78 is 4.76. The minimum atomic E-state index is -0.0363. The lowest BCUT2D eigenvalue weighted by molar-refractivity contribution is -0.120. The van der Waals surface area contributed by atoms with Crippen molar-refractivity contribution in [3.8, 4) is 0 Å². The molecule has 0 heterocycles. The lowest BCUT2D eigenvalue weighted by Crippen LogP contribution is -2.27. The van der Waals surface area contributed by atoms with Crippen molar-refractivity contribution in [2.45, 2.75) is 13.3 Å². The lowest BCUT2D eigenvalue weighted by atomic mass is 10.4. The molecular formula is C8H15NO3S. The zero-order chi connectivity index (χ0) is 10.1. The molecule has 76 valence electrons. The Morgan fingerprint density at radius 1 is 1.46 bits per heavy atom. The lowest BCUT2D eigenvalue weighted by Gasteiger charge is -2.02. The topological polar surface area (TPSA) is 55.4 Å². The maximum Gasteiger partial charge on any atom is 0.220 e. The molecule has 0 aromatic heterocycles. The van der Waals surface area contributed by atoms with Crippen LogP contribution in [0.25, 0.3) is 0 Å². The molecule has 4 nitrogen and oxygen atoms in total. The number of methoxy groups -OCH3 is 1. The molecule has 0 atom stereocenters. The molecule has 0 saturated heterocycles. The van der Waals surface area contributed by atoms with Crippen LogP contribution in [-0.2, 0) is 14.3 Å². The van der Waals surface area contributed by atoms with Crippen LogP contribution in [0.1, 0.15) is 13.3 Å². The van der Waals surface area contributed by atoms with Crippen LogP contribution < -0.4 is 5.32 Å². The second kappa shape index (κ2) is 8.07. The van der Waals surface area contributed by atoms with E-state index in [1.807, 2.05) is 0 Å². The summed E-state index contributed by atoms with van der Waals surface area (Å²) in [5.74, 6) is 0.513. The molecule has 0 spiro atoms. The summed E-state index contributed by atoms with van der Waals surface area (Å²) in [6.45, 7) is 2.54. The minimum absolute atomic E-state index is 0.0363. The number of ether oxygens (including phenoxy) is 1. The van der Waals surface area contributed by atoms with Gasteiger partial charge < -0.3 is 10.1 Å². The van der Waals surface area contributed by atoms with Crippen molar-refractivity contribution in [2.75, 3.05) is 26.0 Å². The average molecular weight is 205 g/mol. The van der Waals surface area contributed by atoms with Gasteiger partial charge >= 0.3 is 0 Å². The zero-order valence-corrected chi connectivity index (χ0v) is 8.78. The largest absolute Gasteiger partial charge is 0.383 e. The molecular weight excluding hydrogens is 190 g/mol. The molecule has 0 bridgehead atoms. The molecule has 0 radical (unpaired) electrons. The van der Waals surface area contributed by atoms with Gasteiger partial charge in [0.1, 0.15) is 0 Å². The Labute approximate surface area is 82.4 Å². The van der Waals surface area contributed by atoms with Crippen LogP contribution in [0.3, 0.4) is 0 Å². The summed E-state index contributed by atoms with van der Waals surface area (Å²) >= 11 is 1.17. The predicted octanol–water partition coefficient (Wildman–Crippen LogP) is 0.419. The SMILES string of the molecule is COCCNC(=O)CCSC(C)=O. The van der Waals surface area contributed by atoms with E-state index in [9.17, 15) is 9.59 Å². The molecule has 13 heavy (non-hydrogen) atoms. The number of carbonyl (C=O) groups excluding carboxylic acids is 2. The van der Waals surface area contributed by atoms with E-state index in [0.29, 0.717) is 25.3 Å². The summed E-state index contributed by atoms with van der Waals surface area (Å²) in [6.07, 6.45) is 0.383. The van der Waals surface area contributed by atoms with Crippen molar-refractivity contribution in [1.29, 1.82) is 0 Å². The van der Waals surface area contributed by atoms with Gasteiger partial charge in [-0.2, -0.15) is 0 Å². The Morgan fingerprint density at radius 3 is 2.69 bits per heavy atom. The second-order valence-corrected chi connectivity index (χ2v) is 3.70. The van der Waals surface area contributed by atoms with Gasteiger partial charge in [-0.25, -0.2) is 0 Å². The van der Waals surface area contributed by atoms with Gasteiger partial charge in [-0.3, -0.25) is 9.59 Å². The zero-order valence-electron chi connectivity index (χ0n) is 7.96. The Bertz CT molecular complexity index is 173. The summed E-state index contributed by atoms with van der Waals surface area (Å²) in [6, 6.07) is 0. The first-order valence-electron chi connectivity index (χ1n) is 4.06. The summed E-state index contributed by atoms with van der Waals surface area (Å²) in [7, 11) is 1.58. The normalized spacial score (nSPS) is 9.69. The monoisotopic (exact) mass is 205 g/mol. The number of carbonyl (C=O) groups is 2. The van der Waals surface area contributed by atoms with E-state index in [-0.39, 0.29) is 11.0 Å². The molecule has 1 N–H and O–H groups in total. The first-order chi connectivity index (χ1) is 6.16. The number of amides is 1. The van der Waals surface area contributed by atoms with Crippen molar-refractivity contribution in [1.82, 2.24) is 5.32 Å². The van der Waals surface area contributed by atoms with E-state index in [1.54, 1.807) is 7.11 Å². The van der Waals surface area contributed by atoms with Crippen molar-refractivity contribution >= 4 is 22.8 Å². The molecule has 0 fully saturated rings. The average Bonchev–Trinajstić information content (AvgIpc) is 2.04. The summed E-state index contributed by atoms with van der Waals surface area (Å²) in [5.41, 5.74) is 0. The molecule has 0 saturated carbocycles. The Hall–Kier alpha value is -0.550. The maximum atomic E-state index is 11.0. The highest BCUT2D eigenvalue weighted by molar-refractivity contribution is 8.13. The summed E-state index contributed by atoms with van der Waals surface area (Å²) in [5, 5.41) is 2.71. The molecule has 0 aliphatic carbocycles. The second-order valence-electron chi connectivity index (χ2n) is 2.43. The first-order valence-corrected chi connectivity index (χ1v) is 5.04. The molecule has 1 amide bonds. The number of nitrogens with one attached hydrogen (secondary N) is 1. The maximum absolute atomic E-state index is 11.0. The van der Waals surface area contributed by atoms with E-state index in [2.05, 4.69) is 5.32 Å². The third-order valence-corrected chi connectivity index (χ3v) is 2.08.